The molecule has 1 aromatic rings. The summed E-state index contributed by atoms with van der Waals surface area (Å²) in [6, 6.07) is 5.19. The van der Waals surface area contributed by atoms with Crippen LogP contribution in [-0.4, -0.2) is 30.8 Å². The van der Waals surface area contributed by atoms with Gasteiger partial charge < -0.3 is 4.90 Å². The molecule has 0 heterocycles. The Balaban J connectivity index is 1.88. The minimum absolute atomic E-state index is 0.0603. The molecule has 1 aliphatic rings. The van der Waals surface area contributed by atoms with E-state index in [1.807, 2.05) is 0 Å². The first-order valence-corrected chi connectivity index (χ1v) is 6.99. The van der Waals surface area contributed by atoms with Crippen molar-refractivity contribution in [2.24, 2.45) is 5.92 Å². The van der Waals surface area contributed by atoms with Gasteiger partial charge in [-0.15, -0.1) is 0 Å². The normalized spacial score (nSPS) is 15.1. The molecule has 0 radical (unpaired) electrons. The van der Waals surface area contributed by atoms with E-state index in [4.69, 9.17) is 23.2 Å². The van der Waals surface area contributed by atoms with Crippen LogP contribution in [0.25, 0.3) is 0 Å². The van der Waals surface area contributed by atoms with Crippen LogP contribution in [0.3, 0.4) is 0 Å². The minimum Gasteiger partial charge on any atom is -0.306 e. The molecule has 0 aromatic heterocycles. The predicted molar refractivity (Wildman–Crippen MR) is 75.6 cm³/mol. The molecule has 18 heavy (non-hydrogen) atoms. The number of carbonyl (C=O) groups is 1. The number of ketones is 1. The Labute approximate surface area is 118 Å². The zero-order valence-corrected chi connectivity index (χ0v) is 12.0. The third kappa shape index (κ3) is 3.71. The Morgan fingerprint density at radius 2 is 2.11 bits per heavy atom. The molecule has 1 aromatic carbocycles. The number of benzene rings is 1. The fourth-order valence-electron chi connectivity index (χ4n) is 1.98. The van der Waals surface area contributed by atoms with Crippen molar-refractivity contribution in [3.63, 3.8) is 0 Å². The van der Waals surface area contributed by atoms with Crippen LogP contribution in [0, 0.1) is 5.92 Å². The van der Waals surface area contributed by atoms with E-state index >= 15 is 0 Å². The molecule has 98 valence electrons. The predicted octanol–water partition coefficient (Wildman–Crippen LogP) is 3.91. The molecular formula is C14H17Cl2NO. The Morgan fingerprint density at radius 1 is 1.39 bits per heavy atom. The van der Waals surface area contributed by atoms with E-state index in [-0.39, 0.29) is 5.78 Å². The van der Waals surface area contributed by atoms with Gasteiger partial charge in [-0.05, 0) is 37.9 Å². The van der Waals surface area contributed by atoms with Gasteiger partial charge in [-0.2, -0.15) is 0 Å². The highest BCUT2D eigenvalue weighted by Crippen LogP contribution is 2.29. The fourth-order valence-corrected chi connectivity index (χ4v) is 2.38. The van der Waals surface area contributed by atoms with Crippen molar-refractivity contribution in [2.45, 2.75) is 19.3 Å². The van der Waals surface area contributed by atoms with E-state index in [1.54, 1.807) is 18.2 Å². The van der Waals surface area contributed by atoms with Gasteiger partial charge in [0.15, 0.2) is 5.78 Å². The number of hydrogen-bond acceptors (Lipinski definition) is 2. The lowest BCUT2D eigenvalue weighted by atomic mass is 10.1. The Hall–Kier alpha value is -0.570. The standard InChI is InChI=1S/C14H17Cl2NO/c1-17(9-10-5-6-10)8-7-13(18)11-3-2-4-12(15)14(11)16/h2-4,10H,5-9H2,1H3. The van der Waals surface area contributed by atoms with Gasteiger partial charge in [0.2, 0.25) is 0 Å². The molecule has 0 aliphatic heterocycles. The summed E-state index contributed by atoms with van der Waals surface area (Å²) in [4.78, 5) is 14.3. The summed E-state index contributed by atoms with van der Waals surface area (Å²) in [7, 11) is 2.06. The maximum Gasteiger partial charge on any atom is 0.165 e. The smallest absolute Gasteiger partial charge is 0.165 e. The summed E-state index contributed by atoms with van der Waals surface area (Å²) < 4.78 is 0. The lowest BCUT2D eigenvalue weighted by molar-refractivity contribution is 0.0968. The second-order valence-electron chi connectivity index (χ2n) is 4.98. The first-order valence-electron chi connectivity index (χ1n) is 6.23. The molecule has 1 aliphatic carbocycles. The lowest BCUT2D eigenvalue weighted by Crippen LogP contribution is -2.24. The third-order valence-electron chi connectivity index (χ3n) is 3.24. The summed E-state index contributed by atoms with van der Waals surface area (Å²) in [5, 5.41) is 0.808. The summed E-state index contributed by atoms with van der Waals surface area (Å²) in [6.07, 6.45) is 3.15. The highest BCUT2D eigenvalue weighted by molar-refractivity contribution is 6.43. The van der Waals surface area contributed by atoms with Gasteiger partial charge in [-0.25, -0.2) is 0 Å². The number of carbonyl (C=O) groups excluding carboxylic acids is 1. The minimum atomic E-state index is 0.0603. The Kier molecular flexibility index (Phi) is 4.66. The number of hydrogen-bond donors (Lipinski definition) is 0. The van der Waals surface area contributed by atoms with Gasteiger partial charge >= 0.3 is 0 Å². The molecule has 4 heteroatoms. The molecule has 0 unspecified atom stereocenters. The van der Waals surface area contributed by atoms with E-state index in [1.165, 1.54) is 12.8 Å². The monoisotopic (exact) mass is 285 g/mol. The summed E-state index contributed by atoms with van der Waals surface area (Å²) in [6.45, 7) is 1.87. The van der Waals surface area contributed by atoms with Crippen molar-refractivity contribution in [2.75, 3.05) is 20.1 Å². The van der Waals surface area contributed by atoms with Crippen LogP contribution in [0.15, 0.2) is 18.2 Å². The molecule has 1 saturated carbocycles. The van der Waals surface area contributed by atoms with Gasteiger partial charge in [0.1, 0.15) is 0 Å². The molecule has 0 saturated heterocycles. The highest BCUT2D eigenvalue weighted by atomic mass is 35.5. The van der Waals surface area contributed by atoms with Crippen LogP contribution in [0.2, 0.25) is 10.0 Å². The van der Waals surface area contributed by atoms with Gasteiger partial charge in [0.25, 0.3) is 0 Å². The van der Waals surface area contributed by atoms with E-state index in [0.29, 0.717) is 22.0 Å². The molecule has 2 rings (SSSR count). The highest BCUT2D eigenvalue weighted by Gasteiger charge is 2.23. The summed E-state index contributed by atoms with van der Waals surface area (Å²) in [5.41, 5.74) is 0.531. The molecule has 0 amide bonds. The third-order valence-corrected chi connectivity index (χ3v) is 4.06. The average molecular weight is 286 g/mol. The molecular weight excluding hydrogens is 269 g/mol. The van der Waals surface area contributed by atoms with Crippen LogP contribution in [0.4, 0.5) is 0 Å². The molecule has 2 nitrogen and oxygen atoms in total. The van der Waals surface area contributed by atoms with E-state index in [0.717, 1.165) is 19.0 Å². The van der Waals surface area contributed by atoms with Crippen LogP contribution in [-0.2, 0) is 0 Å². The molecule has 0 atom stereocenters. The number of nitrogens with zero attached hydrogens (tertiary/aromatic N) is 1. The number of Topliss-reactive ketones (excluding diaryl/α,β-unsaturated/α-hetero) is 1. The van der Waals surface area contributed by atoms with Crippen molar-refractivity contribution < 1.29 is 4.79 Å². The topological polar surface area (TPSA) is 20.3 Å². The number of halogens is 2. The quantitative estimate of drug-likeness (QED) is 0.739. The van der Waals surface area contributed by atoms with Crippen molar-refractivity contribution in [3.8, 4) is 0 Å². The van der Waals surface area contributed by atoms with Gasteiger partial charge in [-0.1, -0.05) is 29.3 Å². The summed E-state index contributed by atoms with van der Waals surface area (Å²) >= 11 is 11.9. The van der Waals surface area contributed by atoms with Crippen molar-refractivity contribution in [1.29, 1.82) is 0 Å². The lowest BCUT2D eigenvalue weighted by Gasteiger charge is -2.15. The zero-order valence-electron chi connectivity index (χ0n) is 10.5. The van der Waals surface area contributed by atoms with Crippen molar-refractivity contribution in [1.82, 2.24) is 4.90 Å². The maximum atomic E-state index is 12.1. The molecule has 0 N–H and O–H groups in total. The van der Waals surface area contributed by atoms with Gasteiger partial charge in [0.05, 0.1) is 10.0 Å². The second-order valence-corrected chi connectivity index (χ2v) is 5.77. The summed E-state index contributed by atoms with van der Waals surface area (Å²) in [5.74, 6) is 0.907. The first-order chi connectivity index (χ1) is 8.58. The first kappa shape index (κ1) is 13.9. The van der Waals surface area contributed by atoms with Gasteiger partial charge in [-0.3, -0.25) is 4.79 Å². The number of rotatable bonds is 6. The van der Waals surface area contributed by atoms with Crippen LogP contribution in [0.5, 0.6) is 0 Å². The fraction of sp³-hybridized carbons (Fsp3) is 0.500. The molecule has 1 fully saturated rings. The van der Waals surface area contributed by atoms with Crippen molar-refractivity contribution >= 4 is 29.0 Å². The molecule has 0 bridgehead atoms. The Bertz CT molecular complexity index is 443. The van der Waals surface area contributed by atoms with Crippen molar-refractivity contribution in [3.05, 3.63) is 33.8 Å². The zero-order chi connectivity index (χ0) is 13.1. The SMILES string of the molecule is CN(CCC(=O)c1cccc(Cl)c1Cl)CC1CC1. The van der Waals surface area contributed by atoms with Crippen LogP contribution >= 0.6 is 23.2 Å². The van der Waals surface area contributed by atoms with Crippen LogP contribution in [0.1, 0.15) is 29.6 Å². The van der Waals surface area contributed by atoms with E-state index < -0.39 is 0 Å². The van der Waals surface area contributed by atoms with Crippen LogP contribution < -0.4 is 0 Å². The van der Waals surface area contributed by atoms with E-state index in [9.17, 15) is 4.79 Å². The second kappa shape index (κ2) is 6.05. The maximum absolute atomic E-state index is 12.1. The largest absolute Gasteiger partial charge is 0.306 e. The molecule has 0 spiro atoms. The van der Waals surface area contributed by atoms with Gasteiger partial charge in [0, 0.05) is 25.1 Å². The average Bonchev–Trinajstić information content (AvgIpc) is 3.13. The van der Waals surface area contributed by atoms with E-state index in [2.05, 4.69) is 11.9 Å². The Morgan fingerprint density at radius 3 is 2.78 bits per heavy atom.